The summed E-state index contributed by atoms with van der Waals surface area (Å²) in [5, 5.41) is 3.54. The molecule has 2 atom stereocenters. The van der Waals surface area contributed by atoms with Crippen molar-refractivity contribution in [3.63, 3.8) is 0 Å². The van der Waals surface area contributed by atoms with E-state index in [9.17, 15) is 0 Å². The number of benzene rings is 1. The van der Waals surface area contributed by atoms with Gasteiger partial charge >= 0.3 is 0 Å². The van der Waals surface area contributed by atoms with Gasteiger partial charge < -0.3 is 15.0 Å². The molecule has 0 radical (unpaired) electrons. The number of nitrogens with one attached hydrogen (secondary N) is 1. The summed E-state index contributed by atoms with van der Waals surface area (Å²) in [7, 11) is 1.80. The molecule has 0 bridgehead atoms. The molecule has 3 nitrogen and oxygen atoms in total. The van der Waals surface area contributed by atoms with Gasteiger partial charge in [0.05, 0.1) is 12.6 Å². The number of ether oxygens (including phenoxy) is 1. The molecule has 1 aliphatic heterocycles. The summed E-state index contributed by atoms with van der Waals surface area (Å²) >= 11 is 0. The molecule has 2 unspecified atom stereocenters. The van der Waals surface area contributed by atoms with Gasteiger partial charge in [0, 0.05) is 25.9 Å². The van der Waals surface area contributed by atoms with Crippen LogP contribution >= 0.6 is 0 Å². The highest BCUT2D eigenvalue weighted by molar-refractivity contribution is 5.56. The van der Waals surface area contributed by atoms with Crippen molar-refractivity contribution in [1.82, 2.24) is 5.32 Å². The van der Waals surface area contributed by atoms with Crippen LogP contribution < -0.4 is 10.2 Å². The fourth-order valence-electron chi connectivity index (χ4n) is 3.08. The molecule has 0 aromatic heterocycles. The summed E-state index contributed by atoms with van der Waals surface area (Å²) < 4.78 is 5.46. The van der Waals surface area contributed by atoms with Crippen molar-refractivity contribution in [1.29, 1.82) is 0 Å². The van der Waals surface area contributed by atoms with E-state index < -0.39 is 0 Å². The van der Waals surface area contributed by atoms with Gasteiger partial charge in [0.2, 0.25) is 0 Å². The minimum atomic E-state index is 0.412. The van der Waals surface area contributed by atoms with E-state index in [-0.39, 0.29) is 0 Å². The Kier molecular flexibility index (Phi) is 5.86. The third kappa shape index (κ3) is 3.74. The summed E-state index contributed by atoms with van der Waals surface area (Å²) in [4.78, 5) is 2.54. The van der Waals surface area contributed by atoms with Gasteiger partial charge in [0.1, 0.15) is 0 Å². The van der Waals surface area contributed by atoms with Gasteiger partial charge in [-0.1, -0.05) is 32.0 Å². The Balaban J connectivity index is 2.14. The third-order valence-electron chi connectivity index (χ3n) is 3.98. The van der Waals surface area contributed by atoms with Crippen molar-refractivity contribution in [3.8, 4) is 0 Å². The molecule has 1 heterocycles. The fourth-order valence-corrected chi connectivity index (χ4v) is 3.08. The van der Waals surface area contributed by atoms with E-state index in [1.54, 1.807) is 7.11 Å². The van der Waals surface area contributed by atoms with Crippen molar-refractivity contribution in [2.75, 3.05) is 38.3 Å². The highest BCUT2D eigenvalue weighted by Crippen LogP contribution is 2.30. The SMILES string of the molecule is CCCNCC(COC)N1CC(C)Cc2ccccc21. The summed E-state index contributed by atoms with van der Waals surface area (Å²) in [6.45, 7) is 8.51. The van der Waals surface area contributed by atoms with Crippen molar-refractivity contribution in [3.05, 3.63) is 29.8 Å². The Morgan fingerprint density at radius 3 is 2.95 bits per heavy atom. The zero-order valence-electron chi connectivity index (χ0n) is 13.1. The molecule has 1 N–H and O–H groups in total. The normalized spacial score (nSPS) is 19.8. The van der Waals surface area contributed by atoms with Crippen LogP contribution in [0.3, 0.4) is 0 Å². The molecule has 20 heavy (non-hydrogen) atoms. The van der Waals surface area contributed by atoms with Crippen molar-refractivity contribution in [2.45, 2.75) is 32.7 Å². The third-order valence-corrected chi connectivity index (χ3v) is 3.98. The summed E-state index contributed by atoms with van der Waals surface area (Å²) in [5.41, 5.74) is 2.87. The van der Waals surface area contributed by atoms with E-state index in [1.165, 1.54) is 24.1 Å². The minimum absolute atomic E-state index is 0.412. The molecule has 0 fully saturated rings. The Morgan fingerprint density at radius 2 is 2.20 bits per heavy atom. The summed E-state index contributed by atoms with van der Waals surface area (Å²) in [6.07, 6.45) is 2.36. The van der Waals surface area contributed by atoms with E-state index in [4.69, 9.17) is 4.74 Å². The van der Waals surface area contributed by atoms with Gasteiger partial charge in [-0.05, 0) is 36.9 Å². The maximum absolute atomic E-state index is 5.46. The summed E-state index contributed by atoms with van der Waals surface area (Å²) in [5.74, 6) is 0.704. The predicted octanol–water partition coefficient (Wildman–Crippen LogP) is 2.70. The van der Waals surface area contributed by atoms with Gasteiger partial charge in [-0.2, -0.15) is 0 Å². The highest BCUT2D eigenvalue weighted by atomic mass is 16.5. The Labute approximate surface area is 123 Å². The van der Waals surface area contributed by atoms with Gasteiger partial charge in [-0.15, -0.1) is 0 Å². The molecular weight excluding hydrogens is 248 g/mol. The second-order valence-corrected chi connectivity index (χ2v) is 5.90. The molecule has 1 aromatic carbocycles. The molecule has 3 heteroatoms. The maximum Gasteiger partial charge on any atom is 0.0678 e. The van der Waals surface area contributed by atoms with Crippen LogP contribution in [0, 0.1) is 5.92 Å². The van der Waals surface area contributed by atoms with Crippen LogP contribution in [-0.4, -0.2) is 39.4 Å². The van der Waals surface area contributed by atoms with Crippen molar-refractivity contribution >= 4 is 5.69 Å². The predicted molar refractivity (Wildman–Crippen MR) is 85.5 cm³/mol. The van der Waals surface area contributed by atoms with Crippen molar-refractivity contribution in [2.24, 2.45) is 5.92 Å². The lowest BCUT2D eigenvalue weighted by Gasteiger charge is -2.40. The number of methoxy groups -OCH3 is 1. The monoisotopic (exact) mass is 276 g/mol. The number of fused-ring (bicyclic) bond motifs is 1. The van der Waals surface area contributed by atoms with E-state index >= 15 is 0 Å². The first-order valence-electron chi connectivity index (χ1n) is 7.80. The van der Waals surface area contributed by atoms with E-state index in [0.717, 1.165) is 26.2 Å². The van der Waals surface area contributed by atoms with E-state index in [0.29, 0.717) is 12.0 Å². The standard InChI is InChI=1S/C17H28N2O/c1-4-9-18-11-16(13-20-3)19-12-14(2)10-15-7-5-6-8-17(15)19/h5-8,14,16,18H,4,9-13H2,1-3H3. The molecule has 0 spiro atoms. The number of hydrogen-bond donors (Lipinski definition) is 1. The molecule has 0 saturated carbocycles. The minimum Gasteiger partial charge on any atom is -0.383 e. The van der Waals surface area contributed by atoms with Crippen LogP contribution in [0.5, 0.6) is 0 Å². The molecular formula is C17H28N2O. The number of para-hydroxylation sites is 1. The van der Waals surface area contributed by atoms with Gasteiger partial charge in [-0.3, -0.25) is 0 Å². The van der Waals surface area contributed by atoms with Crippen LogP contribution in [0.2, 0.25) is 0 Å². The molecule has 0 amide bonds. The molecule has 0 saturated heterocycles. The lowest BCUT2D eigenvalue weighted by atomic mass is 9.92. The summed E-state index contributed by atoms with van der Waals surface area (Å²) in [6, 6.07) is 9.22. The van der Waals surface area contributed by atoms with Crippen LogP contribution in [0.15, 0.2) is 24.3 Å². The Hall–Kier alpha value is -1.06. The van der Waals surface area contributed by atoms with E-state index in [2.05, 4.69) is 48.3 Å². The molecule has 0 aliphatic carbocycles. The quantitative estimate of drug-likeness (QED) is 0.775. The maximum atomic E-state index is 5.46. The molecule has 1 aromatic rings. The first-order valence-corrected chi connectivity index (χ1v) is 7.80. The van der Waals surface area contributed by atoms with Crippen molar-refractivity contribution < 1.29 is 4.74 Å². The lowest BCUT2D eigenvalue weighted by Crippen LogP contribution is -2.49. The first-order chi connectivity index (χ1) is 9.76. The Bertz CT molecular complexity index is 408. The van der Waals surface area contributed by atoms with Crippen LogP contribution in [-0.2, 0) is 11.2 Å². The highest BCUT2D eigenvalue weighted by Gasteiger charge is 2.26. The second-order valence-electron chi connectivity index (χ2n) is 5.90. The largest absolute Gasteiger partial charge is 0.383 e. The number of hydrogen-bond acceptors (Lipinski definition) is 3. The van der Waals surface area contributed by atoms with Crippen LogP contribution in [0.25, 0.3) is 0 Å². The molecule has 112 valence electrons. The fraction of sp³-hybridized carbons (Fsp3) is 0.647. The van der Waals surface area contributed by atoms with Crippen LogP contribution in [0.1, 0.15) is 25.8 Å². The smallest absolute Gasteiger partial charge is 0.0678 e. The number of nitrogens with zero attached hydrogens (tertiary/aromatic N) is 1. The van der Waals surface area contributed by atoms with Gasteiger partial charge in [0.25, 0.3) is 0 Å². The Morgan fingerprint density at radius 1 is 1.40 bits per heavy atom. The number of rotatable bonds is 7. The zero-order valence-corrected chi connectivity index (χ0v) is 13.1. The average Bonchev–Trinajstić information content (AvgIpc) is 2.45. The second kappa shape index (κ2) is 7.65. The molecule has 2 rings (SSSR count). The number of anilines is 1. The zero-order chi connectivity index (χ0) is 14.4. The first kappa shape index (κ1) is 15.3. The van der Waals surface area contributed by atoms with Gasteiger partial charge in [-0.25, -0.2) is 0 Å². The average molecular weight is 276 g/mol. The topological polar surface area (TPSA) is 24.5 Å². The molecule has 1 aliphatic rings. The lowest BCUT2D eigenvalue weighted by molar-refractivity contribution is 0.173. The van der Waals surface area contributed by atoms with Gasteiger partial charge in [0.15, 0.2) is 0 Å². The van der Waals surface area contributed by atoms with E-state index in [1.807, 2.05) is 0 Å². The van der Waals surface area contributed by atoms with Crippen LogP contribution in [0.4, 0.5) is 5.69 Å².